The van der Waals surface area contributed by atoms with Gasteiger partial charge in [-0.15, -0.1) is 11.6 Å². The van der Waals surface area contributed by atoms with Gasteiger partial charge in [-0.1, -0.05) is 24.3 Å². The van der Waals surface area contributed by atoms with Crippen LogP contribution in [0.5, 0.6) is 0 Å². The van der Waals surface area contributed by atoms with E-state index in [0.717, 1.165) is 11.1 Å². The molecule has 20 heavy (non-hydrogen) atoms. The van der Waals surface area contributed by atoms with Crippen molar-refractivity contribution in [2.24, 2.45) is 0 Å². The van der Waals surface area contributed by atoms with Gasteiger partial charge in [0, 0.05) is 24.9 Å². The van der Waals surface area contributed by atoms with Gasteiger partial charge in [0.15, 0.2) is 9.84 Å². The molecule has 0 aliphatic heterocycles. The SMILES string of the molecule is CS(=O)(=O)c1cccnc1NCc1ccc(CCl)cc1. The van der Waals surface area contributed by atoms with Crippen LogP contribution in [0.1, 0.15) is 11.1 Å². The Morgan fingerprint density at radius 3 is 2.40 bits per heavy atom. The fourth-order valence-electron chi connectivity index (χ4n) is 1.75. The number of rotatable bonds is 5. The van der Waals surface area contributed by atoms with Gasteiger partial charge in [0.25, 0.3) is 0 Å². The predicted octanol–water partition coefficient (Wildman–Crippen LogP) is 2.84. The molecule has 4 nitrogen and oxygen atoms in total. The number of pyridine rings is 1. The molecule has 0 bridgehead atoms. The Morgan fingerprint density at radius 1 is 1.15 bits per heavy atom. The molecule has 1 heterocycles. The Balaban J connectivity index is 2.15. The first-order chi connectivity index (χ1) is 9.50. The van der Waals surface area contributed by atoms with E-state index in [1.807, 2.05) is 24.3 Å². The number of hydrogen-bond acceptors (Lipinski definition) is 4. The molecule has 2 rings (SSSR count). The largest absolute Gasteiger partial charge is 0.365 e. The quantitative estimate of drug-likeness (QED) is 0.863. The number of alkyl halides is 1. The van der Waals surface area contributed by atoms with Gasteiger partial charge >= 0.3 is 0 Å². The number of halogens is 1. The lowest BCUT2D eigenvalue weighted by Crippen LogP contribution is -2.07. The second-order valence-corrected chi connectivity index (χ2v) is 6.68. The average molecular weight is 311 g/mol. The molecule has 6 heteroatoms. The van der Waals surface area contributed by atoms with Crippen LogP contribution in [0.3, 0.4) is 0 Å². The van der Waals surface area contributed by atoms with E-state index >= 15 is 0 Å². The molecule has 0 saturated heterocycles. The van der Waals surface area contributed by atoms with E-state index in [2.05, 4.69) is 10.3 Å². The minimum atomic E-state index is -3.29. The smallest absolute Gasteiger partial charge is 0.179 e. The van der Waals surface area contributed by atoms with Crippen LogP contribution in [0, 0.1) is 0 Å². The second-order valence-electron chi connectivity index (χ2n) is 4.43. The van der Waals surface area contributed by atoms with E-state index in [1.165, 1.54) is 6.26 Å². The van der Waals surface area contributed by atoms with Crippen LogP contribution in [0.4, 0.5) is 5.82 Å². The van der Waals surface area contributed by atoms with Crippen LogP contribution in [-0.2, 0) is 22.3 Å². The van der Waals surface area contributed by atoms with Crippen LogP contribution in [-0.4, -0.2) is 19.7 Å². The predicted molar refractivity (Wildman–Crippen MR) is 80.7 cm³/mol. The fraction of sp³-hybridized carbons (Fsp3) is 0.214. The molecule has 0 saturated carbocycles. The number of aromatic nitrogens is 1. The molecule has 0 unspecified atom stereocenters. The van der Waals surface area contributed by atoms with Crippen molar-refractivity contribution < 1.29 is 8.42 Å². The fourth-order valence-corrected chi connectivity index (χ4v) is 2.73. The Bertz CT molecular complexity index is 685. The minimum absolute atomic E-state index is 0.206. The number of benzene rings is 1. The van der Waals surface area contributed by atoms with E-state index < -0.39 is 9.84 Å². The molecular weight excluding hydrogens is 296 g/mol. The molecule has 0 aliphatic rings. The Hall–Kier alpha value is -1.59. The summed E-state index contributed by atoms with van der Waals surface area (Å²) in [7, 11) is -3.29. The van der Waals surface area contributed by atoms with Gasteiger partial charge in [0.2, 0.25) is 0 Å². The topological polar surface area (TPSA) is 59.1 Å². The van der Waals surface area contributed by atoms with Crippen molar-refractivity contribution in [1.82, 2.24) is 4.98 Å². The van der Waals surface area contributed by atoms with Gasteiger partial charge in [-0.25, -0.2) is 13.4 Å². The summed E-state index contributed by atoms with van der Waals surface area (Å²) in [5, 5.41) is 3.05. The molecule has 0 amide bonds. The molecule has 0 aliphatic carbocycles. The summed E-state index contributed by atoms with van der Waals surface area (Å²) in [5.41, 5.74) is 2.08. The first-order valence-electron chi connectivity index (χ1n) is 6.03. The summed E-state index contributed by atoms with van der Waals surface area (Å²) < 4.78 is 23.3. The first kappa shape index (κ1) is 14.8. The van der Waals surface area contributed by atoms with Crippen molar-refractivity contribution in [3.63, 3.8) is 0 Å². The van der Waals surface area contributed by atoms with Gasteiger partial charge in [0.05, 0.1) is 0 Å². The summed E-state index contributed by atoms with van der Waals surface area (Å²) in [5.74, 6) is 0.850. The van der Waals surface area contributed by atoms with E-state index in [1.54, 1.807) is 18.3 Å². The number of nitrogens with one attached hydrogen (secondary N) is 1. The van der Waals surface area contributed by atoms with Gasteiger partial charge in [-0.05, 0) is 23.3 Å². The summed E-state index contributed by atoms with van der Waals surface area (Å²) in [6.45, 7) is 0.502. The summed E-state index contributed by atoms with van der Waals surface area (Å²) >= 11 is 5.73. The summed E-state index contributed by atoms with van der Waals surface area (Å²) in [6.07, 6.45) is 2.73. The van der Waals surface area contributed by atoms with Gasteiger partial charge < -0.3 is 5.32 Å². The van der Waals surface area contributed by atoms with Crippen LogP contribution in [0.15, 0.2) is 47.5 Å². The number of hydrogen-bond donors (Lipinski definition) is 1. The maximum Gasteiger partial charge on any atom is 0.179 e. The second kappa shape index (κ2) is 6.24. The minimum Gasteiger partial charge on any atom is -0.365 e. The number of nitrogens with zero attached hydrogens (tertiary/aromatic N) is 1. The molecular formula is C14H15ClN2O2S. The molecule has 0 radical (unpaired) electrons. The summed E-state index contributed by atoms with van der Waals surface area (Å²) in [6, 6.07) is 10.9. The zero-order valence-corrected chi connectivity index (χ0v) is 12.6. The lowest BCUT2D eigenvalue weighted by Gasteiger charge is -2.09. The third kappa shape index (κ3) is 3.71. The van der Waals surface area contributed by atoms with Crippen molar-refractivity contribution in [3.8, 4) is 0 Å². The van der Waals surface area contributed by atoms with E-state index in [0.29, 0.717) is 18.2 Å². The lowest BCUT2D eigenvalue weighted by molar-refractivity contribution is 0.601. The van der Waals surface area contributed by atoms with Crippen molar-refractivity contribution in [3.05, 3.63) is 53.7 Å². The molecule has 0 fully saturated rings. The third-order valence-corrected chi connectivity index (χ3v) is 4.24. The molecule has 1 N–H and O–H groups in total. The molecule has 106 valence electrons. The highest BCUT2D eigenvalue weighted by Gasteiger charge is 2.13. The standard InChI is InChI=1S/C14H15ClN2O2S/c1-20(18,19)13-3-2-8-16-14(13)17-10-12-6-4-11(9-15)5-7-12/h2-8H,9-10H2,1H3,(H,16,17). The number of anilines is 1. The monoisotopic (exact) mass is 310 g/mol. The van der Waals surface area contributed by atoms with Gasteiger partial charge in [-0.2, -0.15) is 0 Å². The van der Waals surface area contributed by atoms with Gasteiger partial charge in [0.1, 0.15) is 10.7 Å². The van der Waals surface area contributed by atoms with E-state index in [9.17, 15) is 8.42 Å². The van der Waals surface area contributed by atoms with Crippen molar-refractivity contribution in [2.45, 2.75) is 17.3 Å². The highest BCUT2D eigenvalue weighted by molar-refractivity contribution is 7.90. The normalized spacial score (nSPS) is 11.3. The van der Waals surface area contributed by atoms with Crippen LogP contribution in [0.25, 0.3) is 0 Å². The molecule has 0 spiro atoms. The van der Waals surface area contributed by atoms with E-state index in [4.69, 9.17) is 11.6 Å². The maximum atomic E-state index is 11.7. The third-order valence-electron chi connectivity index (χ3n) is 2.81. The van der Waals surface area contributed by atoms with Crippen molar-refractivity contribution >= 4 is 27.3 Å². The van der Waals surface area contributed by atoms with E-state index in [-0.39, 0.29) is 4.90 Å². The highest BCUT2D eigenvalue weighted by atomic mass is 35.5. The van der Waals surface area contributed by atoms with Crippen LogP contribution < -0.4 is 5.32 Å². The molecule has 1 aromatic heterocycles. The molecule has 1 aromatic carbocycles. The maximum absolute atomic E-state index is 11.7. The average Bonchev–Trinajstić information content (AvgIpc) is 2.45. The molecule has 0 atom stereocenters. The first-order valence-corrected chi connectivity index (χ1v) is 8.46. The molecule has 2 aromatic rings. The van der Waals surface area contributed by atoms with Crippen LogP contribution >= 0.6 is 11.6 Å². The van der Waals surface area contributed by atoms with Crippen molar-refractivity contribution in [2.75, 3.05) is 11.6 Å². The zero-order valence-electron chi connectivity index (χ0n) is 11.0. The van der Waals surface area contributed by atoms with Gasteiger partial charge in [-0.3, -0.25) is 0 Å². The Morgan fingerprint density at radius 2 is 1.80 bits per heavy atom. The Kier molecular flexibility index (Phi) is 4.62. The Labute approximate surface area is 123 Å². The highest BCUT2D eigenvalue weighted by Crippen LogP contribution is 2.18. The summed E-state index contributed by atoms with van der Waals surface area (Å²) in [4.78, 5) is 4.29. The van der Waals surface area contributed by atoms with Crippen molar-refractivity contribution in [1.29, 1.82) is 0 Å². The van der Waals surface area contributed by atoms with Crippen LogP contribution in [0.2, 0.25) is 0 Å². The lowest BCUT2D eigenvalue weighted by atomic mass is 10.1. The zero-order chi connectivity index (χ0) is 14.6. The number of sulfone groups is 1.